The number of rotatable bonds is 7. The molecule has 1 amide bonds. The Morgan fingerprint density at radius 1 is 1.39 bits per heavy atom. The van der Waals surface area contributed by atoms with Crippen molar-refractivity contribution >= 4 is 5.91 Å². The SMILES string of the molecule is CCOCCCC(=O)N(C)C1CCCCC1CN. The van der Waals surface area contributed by atoms with Crippen molar-refractivity contribution in [2.24, 2.45) is 11.7 Å². The lowest BCUT2D eigenvalue weighted by molar-refractivity contribution is -0.134. The van der Waals surface area contributed by atoms with Crippen LogP contribution in [-0.2, 0) is 9.53 Å². The predicted octanol–water partition coefficient (Wildman–Crippen LogP) is 1.78. The summed E-state index contributed by atoms with van der Waals surface area (Å²) in [6, 6.07) is 0.350. The van der Waals surface area contributed by atoms with E-state index in [9.17, 15) is 4.79 Å². The van der Waals surface area contributed by atoms with Crippen LogP contribution in [0.5, 0.6) is 0 Å². The molecule has 0 aromatic carbocycles. The molecule has 1 rings (SSSR count). The number of hydrogen-bond donors (Lipinski definition) is 1. The third-order valence-corrected chi connectivity index (χ3v) is 3.95. The van der Waals surface area contributed by atoms with Gasteiger partial charge in [-0.05, 0) is 38.6 Å². The quantitative estimate of drug-likeness (QED) is 0.706. The zero-order valence-electron chi connectivity index (χ0n) is 11.9. The molecule has 1 saturated carbocycles. The van der Waals surface area contributed by atoms with Gasteiger partial charge in [0.15, 0.2) is 0 Å². The second-order valence-corrected chi connectivity index (χ2v) is 5.15. The summed E-state index contributed by atoms with van der Waals surface area (Å²) in [4.78, 5) is 14.0. The molecule has 2 unspecified atom stereocenters. The smallest absolute Gasteiger partial charge is 0.222 e. The monoisotopic (exact) mass is 256 g/mol. The summed E-state index contributed by atoms with van der Waals surface area (Å²) in [5.41, 5.74) is 5.81. The third kappa shape index (κ3) is 4.58. The van der Waals surface area contributed by atoms with Crippen LogP contribution < -0.4 is 5.73 Å². The van der Waals surface area contributed by atoms with Gasteiger partial charge in [0.05, 0.1) is 0 Å². The summed E-state index contributed by atoms with van der Waals surface area (Å²) >= 11 is 0. The van der Waals surface area contributed by atoms with Gasteiger partial charge in [-0.2, -0.15) is 0 Å². The van der Waals surface area contributed by atoms with Crippen LogP contribution in [0.4, 0.5) is 0 Å². The number of carbonyl (C=O) groups is 1. The first-order chi connectivity index (χ1) is 8.70. The van der Waals surface area contributed by atoms with Crippen LogP contribution in [-0.4, -0.2) is 43.7 Å². The highest BCUT2D eigenvalue weighted by Crippen LogP contribution is 2.27. The molecule has 0 saturated heterocycles. The summed E-state index contributed by atoms with van der Waals surface area (Å²) in [7, 11) is 1.93. The number of hydrogen-bond acceptors (Lipinski definition) is 3. The minimum Gasteiger partial charge on any atom is -0.382 e. The molecule has 1 aliphatic carbocycles. The normalized spacial score (nSPS) is 23.9. The van der Waals surface area contributed by atoms with Gasteiger partial charge >= 0.3 is 0 Å². The van der Waals surface area contributed by atoms with Crippen molar-refractivity contribution in [3.8, 4) is 0 Å². The lowest BCUT2D eigenvalue weighted by atomic mass is 9.83. The summed E-state index contributed by atoms with van der Waals surface area (Å²) in [5, 5.41) is 0. The highest BCUT2D eigenvalue weighted by atomic mass is 16.5. The Hall–Kier alpha value is -0.610. The van der Waals surface area contributed by atoms with E-state index in [4.69, 9.17) is 10.5 Å². The van der Waals surface area contributed by atoms with Crippen molar-refractivity contribution in [2.45, 2.75) is 51.5 Å². The Kier molecular flexibility index (Phi) is 7.28. The van der Waals surface area contributed by atoms with Gasteiger partial charge in [0.1, 0.15) is 0 Å². The van der Waals surface area contributed by atoms with E-state index in [1.807, 2.05) is 18.9 Å². The fourth-order valence-corrected chi connectivity index (χ4v) is 2.80. The number of carbonyl (C=O) groups excluding carboxylic acids is 1. The van der Waals surface area contributed by atoms with Crippen molar-refractivity contribution in [3.63, 3.8) is 0 Å². The minimum atomic E-state index is 0.236. The van der Waals surface area contributed by atoms with Gasteiger partial charge in [-0.1, -0.05) is 12.8 Å². The highest BCUT2D eigenvalue weighted by molar-refractivity contribution is 5.76. The second kappa shape index (κ2) is 8.48. The maximum atomic E-state index is 12.1. The first-order valence-electron chi connectivity index (χ1n) is 7.24. The molecule has 2 N–H and O–H groups in total. The molecule has 4 heteroatoms. The lowest BCUT2D eigenvalue weighted by Gasteiger charge is -2.37. The van der Waals surface area contributed by atoms with Crippen molar-refractivity contribution < 1.29 is 9.53 Å². The van der Waals surface area contributed by atoms with Crippen molar-refractivity contribution in [2.75, 3.05) is 26.8 Å². The molecule has 2 atom stereocenters. The standard InChI is InChI=1S/C14H28N2O2/c1-3-18-10-6-9-14(17)16(2)13-8-5-4-7-12(13)11-15/h12-13H,3-11,15H2,1-2H3. The predicted molar refractivity (Wildman–Crippen MR) is 73.3 cm³/mol. The molecule has 18 heavy (non-hydrogen) atoms. The van der Waals surface area contributed by atoms with E-state index in [1.165, 1.54) is 12.8 Å². The Balaban J connectivity index is 2.36. The minimum absolute atomic E-state index is 0.236. The Morgan fingerprint density at radius 3 is 2.78 bits per heavy atom. The molecule has 0 aliphatic heterocycles. The Bertz CT molecular complexity index is 246. The molecule has 1 aliphatic rings. The van der Waals surface area contributed by atoms with Crippen LogP contribution in [0.2, 0.25) is 0 Å². The van der Waals surface area contributed by atoms with Crippen molar-refractivity contribution in [1.29, 1.82) is 0 Å². The van der Waals surface area contributed by atoms with Gasteiger partial charge in [-0.3, -0.25) is 4.79 Å². The lowest BCUT2D eigenvalue weighted by Crippen LogP contribution is -2.45. The average molecular weight is 256 g/mol. The second-order valence-electron chi connectivity index (χ2n) is 5.15. The summed E-state index contributed by atoms with van der Waals surface area (Å²) in [5.74, 6) is 0.722. The molecule has 0 aromatic rings. The van der Waals surface area contributed by atoms with Crippen LogP contribution in [0.3, 0.4) is 0 Å². The molecule has 0 spiro atoms. The van der Waals surface area contributed by atoms with Crippen molar-refractivity contribution in [3.05, 3.63) is 0 Å². The largest absolute Gasteiger partial charge is 0.382 e. The van der Waals surface area contributed by atoms with Gasteiger partial charge in [-0.15, -0.1) is 0 Å². The first-order valence-corrected chi connectivity index (χ1v) is 7.24. The maximum Gasteiger partial charge on any atom is 0.222 e. The summed E-state index contributed by atoms with van der Waals surface area (Å²) in [6.45, 7) is 4.08. The fraction of sp³-hybridized carbons (Fsp3) is 0.929. The summed E-state index contributed by atoms with van der Waals surface area (Å²) < 4.78 is 5.26. The molecular weight excluding hydrogens is 228 g/mol. The van der Waals surface area contributed by atoms with E-state index >= 15 is 0 Å². The Labute approximate surface area is 111 Å². The van der Waals surface area contributed by atoms with Gasteiger partial charge in [0.2, 0.25) is 5.91 Å². The molecule has 4 nitrogen and oxygen atoms in total. The van der Waals surface area contributed by atoms with Crippen LogP contribution in [0.25, 0.3) is 0 Å². The van der Waals surface area contributed by atoms with Crippen LogP contribution in [0, 0.1) is 5.92 Å². The number of nitrogens with two attached hydrogens (primary N) is 1. The van der Waals surface area contributed by atoms with Crippen LogP contribution >= 0.6 is 0 Å². The van der Waals surface area contributed by atoms with Gasteiger partial charge in [0.25, 0.3) is 0 Å². The third-order valence-electron chi connectivity index (χ3n) is 3.95. The van der Waals surface area contributed by atoms with Gasteiger partial charge in [-0.25, -0.2) is 0 Å². The molecule has 0 bridgehead atoms. The first kappa shape index (κ1) is 15.4. The zero-order chi connectivity index (χ0) is 13.4. The van der Waals surface area contributed by atoms with E-state index in [-0.39, 0.29) is 5.91 Å². The van der Waals surface area contributed by atoms with E-state index in [0.29, 0.717) is 31.5 Å². The molecule has 0 radical (unpaired) electrons. The topological polar surface area (TPSA) is 55.6 Å². The van der Waals surface area contributed by atoms with E-state index in [0.717, 1.165) is 25.9 Å². The van der Waals surface area contributed by atoms with Gasteiger partial charge < -0.3 is 15.4 Å². The molecule has 0 aromatic heterocycles. The van der Waals surface area contributed by atoms with Crippen molar-refractivity contribution in [1.82, 2.24) is 4.90 Å². The van der Waals surface area contributed by atoms with Crippen LogP contribution in [0.15, 0.2) is 0 Å². The Morgan fingerprint density at radius 2 is 2.11 bits per heavy atom. The number of amides is 1. The number of ether oxygens (including phenoxy) is 1. The van der Waals surface area contributed by atoms with Crippen LogP contribution in [0.1, 0.15) is 45.4 Å². The van der Waals surface area contributed by atoms with Gasteiger partial charge in [0, 0.05) is 32.7 Å². The summed E-state index contributed by atoms with van der Waals surface area (Å²) in [6.07, 6.45) is 6.15. The molecular formula is C14H28N2O2. The van der Waals surface area contributed by atoms with E-state index in [1.54, 1.807) is 0 Å². The number of nitrogens with zero attached hydrogens (tertiary/aromatic N) is 1. The van der Waals surface area contributed by atoms with E-state index in [2.05, 4.69) is 0 Å². The molecule has 0 heterocycles. The average Bonchev–Trinajstić information content (AvgIpc) is 2.42. The molecule has 1 fully saturated rings. The highest BCUT2D eigenvalue weighted by Gasteiger charge is 2.29. The fourth-order valence-electron chi connectivity index (χ4n) is 2.80. The molecule has 106 valence electrons. The zero-order valence-corrected chi connectivity index (χ0v) is 11.9. The van der Waals surface area contributed by atoms with E-state index < -0.39 is 0 Å². The maximum absolute atomic E-state index is 12.1.